The van der Waals surface area contributed by atoms with Crippen LogP contribution in [0.5, 0.6) is 0 Å². The van der Waals surface area contributed by atoms with E-state index < -0.39 is 10.8 Å². The number of hydrogen-bond donors (Lipinski definition) is 3. The topological polar surface area (TPSA) is 135 Å². The van der Waals surface area contributed by atoms with E-state index in [1.165, 1.54) is 6.33 Å². The quantitative estimate of drug-likeness (QED) is 0.280. The molecule has 1 saturated heterocycles. The summed E-state index contributed by atoms with van der Waals surface area (Å²) in [6.07, 6.45) is 2.00. The Morgan fingerprint density at radius 1 is 1.20 bits per heavy atom. The zero-order valence-corrected chi connectivity index (χ0v) is 17.7. The van der Waals surface area contributed by atoms with E-state index >= 15 is 0 Å². The number of amides is 1. The van der Waals surface area contributed by atoms with Crippen molar-refractivity contribution in [3.8, 4) is 0 Å². The summed E-state index contributed by atoms with van der Waals surface area (Å²) >= 11 is 3.30. The highest BCUT2D eigenvalue weighted by molar-refractivity contribution is 9.10. The molecule has 2 aromatic rings. The lowest BCUT2D eigenvalue weighted by Gasteiger charge is -2.26. The summed E-state index contributed by atoms with van der Waals surface area (Å²) in [4.78, 5) is 33.4. The lowest BCUT2D eigenvalue weighted by atomic mass is 10.2. The number of nitrogens with one attached hydrogen (secondary N) is 3. The van der Waals surface area contributed by atoms with Crippen molar-refractivity contribution in [3.05, 3.63) is 50.7 Å². The van der Waals surface area contributed by atoms with Crippen molar-refractivity contribution >= 4 is 39.2 Å². The minimum atomic E-state index is -0.585. The first kappa shape index (κ1) is 21.9. The maximum atomic E-state index is 12.2. The first-order chi connectivity index (χ1) is 14.5. The molecule has 0 unspecified atom stereocenters. The van der Waals surface area contributed by atoms with Crippen LogP contribution >= 0.6 is 15.9 Å². The Balaban J connectivity index is 1.58. The van der Waals surface area contributed by atoms with Crippen molar-refractivity contribution in [3.63, 3.8) is 0 Å². The van der Waals surface area contributed by atoms with E-state index in [1.807, 2.05) is 0 Å². The zero-order valence-electron chi connectivity index (χ0n) is 16.1. The summed E-state index contributed by atoms with van der Waals surface area (Å²) < 4.78 is 6.15. The van der Waals surface area contributed by atoms with Crippen LogP contribution in [0.25, 0.3) is 0 Å². The Labute approximate surface area is 181 Å². The van der Waals surface area contributed by atoms with Crippen LogP contribution in [0.3, 0.4) is 0 Å². The number of halogens is 1. The van der Waals surface area contributed by atoms with Crippen LogP contribution in [-0.4, -0.2) is 65.1 Å². The molecule has 1 aromatic carbocycles. The maximum Gasteiger partial charge on any atom is 0.354 e. The van der Waals surface area contributed by atoms with E-state index in [2.05, 4.69) is 47.0 Å². The summed E-state index contributed by atoms with van der Waals surface area (Å²) in [6.45, 7) is 4.61. The Kier molecular flexibility index (Phi) is 7.88. The molecule has 1 aromatic heterocycles. The molecule has 1 amide bonds. The van der Waals surface area contributed by atoms with Crippen LogP contribution < -0.4 is 16.2 Å². The number of aromatic nitrogens is 2. The van der Waals surface area contributed by atoms with Gasteiger partial charge in [-0.3, -0.25) is 30.7 Å². The number of nitro groups is 1. The predicted octanol–water partition coefficient (Wildman–Crippen LogP) is 2.04. The third-order valence-corrected chi connectivity index (χ3v) is 4.98. The van der Waals surface area contributed by atoms with E-state index in [4.69, 9.17) is 4.74 Å². The zero-order chi connectivity index (χ0) is 21.3. The van der Waals surface area contributed by atoms with E-state index in [1.54, 1.807) is 24.3 Å². The molecule has 0 spiro atoms. The fourth-order valence-corrected chi connectivity index (χ4v) is 3.16. The second-order valence-corrected chi connectivity index (χ2v) is 7.41. The van der Waals surface area contributed by atoms with Crippen LogP contribution in [0.4, 0.5) is 17.3 Å². The number of carbonyl (C=O) groups is 1. The minimum absolute atomic E-state index is 0.0948. The highest BCUT2D eigenvalue weighted by Gasteiger charge is 2.23. The summed E-state index contributed by atoms with van der Waals surface area (Å²) in [7, 11) is 0. The van der Waals surface area contributed by atoms with Gasteiger partial charge in [-0.25, -0.2) is 9.97 Å². The van der Waals surface area contributed by atoms with Crippen LogP contribution in [0.2, 0.25) is 0 Å². The number of hydrogen-bond acceptors (Lipinski definition) is 9. The lowest BCUT2D eigenvalue weighted by Crippen LogP contribution is -2.37. The summed E-state index contributed by atoms with van der Waals surface area (Å²) in [6, 6.07) is 6.69. The van der Waals surface area contributed by atoms with E-state index in [-0.39, 0.29) is 17.3 Å². The van der Waals surface area contributed by atoms with Gasteiger partial charge >= 0.3 is 5.69 Å². The highest BCUT2D eigenvalue weighted by atomic mass is 79.9. The van der Waals surface area contributed by atoms with Crippen molar-refractivity contribution < 1.29 is 14.5 Å². The fourth-order valence-electron chi connectivity index (χ4n) is 2.90. The molecule has 160 valence electrons. The molecule has 0 radical (unpaired) electrons. The van der Waals surface area contributed by atoms with Crippen LogP contribution in [0.15, 0.2) is 35.1 Å². The third-order valence-electron chi connectivity index (χ3n) is 4.45. The van der Waals surface area contributed by atoms with Gasteiger partial charge in [0.2, 0.25) is 11.6 Å². The van der Waals surface area contributed by atoms with Crippen molar-refractivity contribution in [1.29, 1.82) is 0 Å². The van der Waals surface area contributed by atoms with E-state index in [0.29, 0.717) is 12.1 Å². The number of nitrogens with zero attached hydrogens (tertiary/aromatic N) is 4. The average Bonchev–Trinajstić information content (AvgIpc) is 2.76. The van der Waals surface area contributed by atoms with Crippen LogP contribution in [-0.2, 0) is 4.74 Å². The van der Waals surface area contributed by atoms with Crippen LogP contribution in [0.1, 0.15) is 16.8 Å². The smallest absolute Gasteiger partial charge is 0.354 e. The highest BCUT2D eigenvalue weighted by Crippen LogP contribution is 2.28. The average molecular weight is 480 g/mol. The summed E-state index contributed by atoms with van der Waals surface area (Å²) in [5.74, 6) is -0.455. The van der Waals surface area contributed by atoms with Gasteiger partial charge in [-0.05, 0) is 37.2 Å². The monoisotopic (exact) mass is 479 g/mol. The Morgan fingerprint density at radius 2 is 1.90 bits per heavy atom. The van der Waals surface area contributed by atoms with Crippen molar-refractivity contribution in [2.75, 3.05) is 50.1 Å². The van der Waals surface area contributed by atoms with Crippen LogP contribution in [0, 0.1) is 10.1 Å². The Hall–Kier alpha value is -2.83. The van der Waals surface area contributed by atoms with Gasteiger partial charge in [-0.15, -0.1) is 0 Å². The fraction of sp³-hybridized carbons (Fsp3) is 0.389. The molecule has 3 rings (SSSR count). The third kappa shape index (κ3) is 6.08. The van der Waals surface area contributed by atoms with Gasteiger partial charge in [-0.2, -0.15) is 0 Å². The minimum Gasteiger partial charge on any atom is -0.379 e. The van der Waals surface area contributed by atoms with Gasteiger partial charge < -0.3 is 10.1 Å². The summed E-state index contributed by atoms with van der Waals surface area (Å²) in [5, 5.41) is 14.6. The number of hydrazine groups is 1. The number of rotatable bonds is 9. The maximum absolute atomic E-state index is 12.2. The molecule has 1 aliphatic heterocycles. The largest absolute Gasteiger partial charge is 0.379 e. The van der Waals surface area contributed by atoms with E-state index in [9.17, 15) is 14.9 Å². The Bertz CT molecular complexity index is 875. The predicted molar refractivity (Wildman–Crippen MR) is 114 cm³/mol. The number of benzene rings is 1. The second kappa shape index (κ2) is 10.8. The molecule has 11 nitrogen and oxygen atoms in total. The molecule has 0 aliphatic carbocycles. The molecular weight excluding hydrogens is 458 g/mol. The first-order valence-electron chi connectivity index (χ1n) is 9.40. The van der Waals surface area contributed by atoms with E-state index in [0.717, 1.165) is 43.7 Å². The normalized spacial score (nSPS) is 14.2. The molecule has 1 aliphatic rings. The van der Waals surface area contributed by atoms with Gasteiger partial charge in [0.25, 0.3) is 5.91 Å². The molecule has 12 heteroatoms. The molecule has 3 N–H and O–H groups in total. The SMILES string of the molecule is O=C(NNc1ncnc(NCCCN2CCOCC2)c1[N+](=O)[O-])c1ccc(Br)cc1. The number of carbonyl (C=O) groups excluding carboxylic acids is 1. The molecule has 0 saturated carbocycles. The van der Waals surface area contributed by atoms with Gasteiger partial charge in [0.1, 0.15) is 6.33 Å². The molecular formula is C18H22BrN7O4. The number of morpholine rings is 1. The van der Waals surface area contributed by atoms with Crippen molar-refractivity contribution in [1.82, 2.24) is 20.3 Å². The summed E-state index contributed by atoms with van der Waals surface area (Å²) in [5.41, 5.74) is 5.01. The molecule has 0 atom stereocenters. The first-order valence-corrected chi connectivity index (χ1v) is 10.2. The molecule has 1 fully saturated rings. The lowest BCUT2D eigenvalue weighted by molar-refractivity contribution is -0.383. The molecule has 30 heavy (non-hydrogen) atoms. The number of ether oxygens (including phenoxy) is 1. The van der Waals surface area contributed by atoms with Gasteiger partial charge in [0.05, 0.1) is 18.1 Å². The Morgan fingerprint density at radius 3 is 2.60 bits per heavy atom. The second-order valence-electron chi connectivity index (χ2n) is 6.50. The number of anilines is 2. The molecule has 2 heterocycles. The van der Waals surface area contributed by atoms with Crippen molar-refractivity contribution in [2.24, 2.45) is 0 Å². The van der Waals surface area contributed by atoms with Crippen molar-refractivity contribution in [2.45, 2.75) is 6.42 Å². The van der Waals surface area contributed by atoms with Gasteiger partial charge in [0.15, 0.2) is 0 Å². The van der Waals surface area contributed by atoms with Gasteiger partial charge in [-0.1, -0.05) is 15.9 Å². The molecule has 0 bridgehead atoms. The standard InChI is InChI=1S/C18H22BrN7O4/c19-14-4-2-13(3-5-14)18(27)24-23-17-15(26(28)29)16(21-12-22-17)20-6-1-7-25-8-10-30-11-9-25/h2-5,12H,1,6-11H2,(H,24,27)(H2,20,21,22,23). The van der Waals surface area contributed by atoms with Gasteiger partial charge in [0, 0.05) is 29.7 Å².